The van der Waals surface area contributed by atoms with E-state index < -0.39 is 12.0 Å². The third kappa shape index (κ3) is 6.58. The van der Waals surface area contributed by atoms with Crippen LogP contribution in [0.3, 0.4) is 0 Å². The Kier molecular flexibility index (Phi) is 7.39. The molecule has 6 nitrogen and oxygen atoms in total. The summed E-state index contributed by atoms with van der Waals surface area (Å²) in [5.74, 6) is -0.892. The van der Waals surface area contributed by atoms with E-state index in [1.807, 2.05) is 0 Å². The molecule has 1 aromatic carbocycles. The number of ether oxygens (including phenoxy) is 1. The van der Waals surface area contributed by atoms with E-state index in [9.17, 15) is 14.4 Å². The number of amides is 2. The van der Waals surface area contributed by atoms with Gasteiger partial charge in [-0.05, 0) is 17.7 Å². The molecule has 0 aliphatic rings. The third-order valence-corrected chi connectivity index (χ3v) is 3.18. The number of halogens is 1. The van der Waals surface area contributed by atoms with E-state index >= 15 is 0 Å². The summed E-state index contributed by atoms with van der Waals surface area (Å²) < 4.78 is 4.65. The van der Waals surface area contributed by atoms with Gasteiger partial charge in [0.05, 0.1) is 19.6 Å². The summed E-state index contributed by atoms with van der Waals surface area (Å²) in [6.45, 7) is 1.62. The standard InChI is InChI=1S/C15H19ClN2O4/c1-10(19)17-8-7-14(20)18-13(9-15(21)22-2)11-3-5-12(16)6-4-11/h3-6,13H,7-9H2,1-2H3,(H,17,19)(H,18,20). The van der Waals surface area contributed by atoms with Gasteiger partial charge < -0.3 is 15.4 Å². The Labute approximate surface area is 134 Å². The number of esters is 1. The van der Waals surface area contributed by atoms with E-state index in [4.69, 9.17) is 11.6 Å². The molecule has 120 valence electrons. The fraction of sp³-hybridized carbons (Fsp3) is 0.400. The lowest BCUT2D eigenvalue weighted by molar-refractivity contribution is -0.141. The summed E-state index contributed by atoms with van der Waals surface area (Å²) >= 11 is 5.83. The van der Waals surface area contributed by atoms with Crippen molar-refractivity contribution in [2.75, 3.05) is 13.7 Å². The molecule has 0 bridgehead atoms. The van der Waals surface area contributed by atoms with Crippen LogP contribution in [0.15, 0.2) is 24.3 Å². The van der Waals surface area contributed by atoms with E-state index in [-0.39, 0.29) is 31.2 Å². The minimum absolute atomic E-state index is 0.0179. The zero-order valence-corrected chi connectivity index (χ0v) is 13.3. The number of carbonyl (C=O) groups is 3. The summed E-state index contributed by atoms with van der Waals surface area (Å²) in [4.78, 5) is 34.2. The zero-order valence-electron chi connectivity index (χ0n) is 12.5. The SMILES string of the molecule is COC(=O)CC(NC(=O)CCNC(C)=O)c1ccc(Cl)cc1. The average Bonchev–Trinajstić information content (AvgIpc) is 2.46. The number of carbonyl (C=O) groups excluding carboxylic acids is 3. The summed E-state index contributed by atoms with van der Waals surface area (Å²) in [7, 11) is 1.29. The largest absolute Gasteiger partial charge is 0.469 e. The van der Waals surface area contributed by atoms with Crippen LogP contribution in [0.2, 0.25) is 5.02 Å². The first-order valence-electron chi connectivity index (χ1n) is 6.78. The Balaban J connectivity index is 2.69. The Morgan fingerprint density at radius 1 is 1.23 bits per heavy atom. The van der Waals surface area contributed by atoms with Crippen LogP contribution in [-0.2, 0) is 19.1 Å². The number of benzene rings is 1. The first-order chi connectivity index (χ1) is 10.4. The first-order valence-corrected chi connectivity index (χ1v) is 7.16. The number of rotatable bonds is 7. The molecule has 2 N–H and O–H groups in total. The summed E-state index contributed by atoms with van der Waals surface area (Å²) in [5.41, 5.74) is 0.752. The third-order valence-electron chi connectivity index (χ3n) is 2.93. The highest BCUT2D eigenvalue weighted by atomic mass is 35.5. The molecule has 0 aliphatic carbocycles. The van der Waals surface area contributed by atoms with Crippen LogP contribution in [0.1, 0.15) is 31.4 Å². The van der Waals surface area contributed by atoms with Gasteiger partial charge >= 0.3 is 5.97 Å². The van der Waals surface area contributed by atoms with E-state index in [0.717, 1.165) is 5.56 Å². The van der Waals surface area contributed by atoms with Crippen LogP contribution < -0.4 is 10.6 Å². The highest BCUT2D eigenvalue weighted by Gasteiger charge is 2.18. The predicted molar refractivity (Wildman–Crippen MR) is 82.3 cm³/mol. The van der Waals surface area contributed by atoms with Gasteiger partial charge in [0.15, 0.2) is 0 Å². The Hall–Kier alpha value is -2.08. The van der Waals surface area contributed by atoms with Crippen LogP contribution in [0, 0.1) is 0 Å². The zero-order chi connectivity index (χ0) is 16.5. The molecule has 0 fully saturated rings. The van der Waals surface area contributed by atoms with Gasteiger partial charge in [-0.25, -0.2) is 0 Å². The maximum Gasteiger partial charge on any atom is 0.307 e. The van der Waals surface area contributed by atoms with E-state index in [1.54, 1.807) is 24.3 Å². The molecule has 0 aliphatic heterocycles. The lowest BCUT2D eigenvalue weighted by Crippen LogP contribution is -2.33. The molecule has 7 heteroatoms. The molecule has 1 atom stereocenters. The number of methoxy groups -OCH3 is 1. The Bertz CT molecular complexity index is 531. The smallest absolute Gasteiger partial charge is 0.307 e. The molecular weight excluding hydrogens is 308 g/mol. The molecular formula is C15H19ClN2O4. The van der Waals surface area contributed by atoms with E-state index in [1.165, 1.54) is 14.0 Å². The van der Waals surface area contributed by atoms with Gasteiger partial charge in [-0.3, -0.25) is 14.4 Å². The molecule has 0 radical (unpaired) electrons. The normalized spacial score (nSPS) is 11.4. The highest BCUT2D eigenvalue weighted by molar-refractivity contribution is 6.30. The molecule has 0 heterocycles. The van der Waals surface area contributed by atoms with Crippen molar-refractivity contribution >= 4 is 29.4 Å². The lowest BCUT2D eigenvalue weighted by Gasteiger charge is -2.18. The van der Waals surface area contributed by atoms with Crippen molar-refractivity contribution in [3.8, 4) is 0 Å². The van der Waals surface area contributed by atoms with Crippen molar-refractivity contribution in [2.24, 2.45) is 0 Å². The quantitative estimate of drug-likeness (QED) is 0.745. The van der Waals surface area contributed by atoms with Gasteiger partial charge in [-0.15, -0.1) is 0 Å². The summed E-state index contributed by atoms with van der Waals surface area (Å²) in [6.07, 6.45) is 0.148. The van der Waals surface area contributed by atoms with Gasteiger partial charge in [0, 0.05) is 24.9 Å². The molecule has 22 heavy (non-hydrogen) atoms. The predicted octanol–water partition coefficient (Wildman–Crippen LogP) is 1.59. The summed E-state index contributed by atoms with van der Waals surface area (Å²) in [5, 5.41) is 5.86. The fourth-order valence-electron chi connectivity index (χ4n) is 1.82. The topological polar surface area (TPSA) is 84.5 Å². The second-order valence-corrected chi connectivity index (χ2v) is 5.12. The number of hydrogen-bond acceptors (Lipinski definition) is 4. The van der Waals surface area contributed by atoms with Crippen LogP contribution in [0.4, 0.5) is 0 Å². The Morgan fingerprint density at radius 3 is 2.41 bits per heavy atom. The first kappa shape index (κ1) is 18.0. The minimum atomic E-state index is -0.505. The monoisotopic (exact) mass is 326 g/mol. The minimum Gasteiger partial charge on any atom is -0.469 e. The maximum absolute atomic E-state index is 11.9. The van der Waals surface area contributed by atoms with Gasteiger partial charge in [-0.2, -0.15) is 0 Å². The molecule has 2 amide bonds. The van der Waals surface area contributed by atoms with Gasteiger partial charge in [0.25, 0.3) is 0 Å². The summed E-state index contributed by atoms with van der Waals surface area (Å²) in [6, 6.07) is 6.35. The molecule has 0 spiro atoms. The fourth-order valence-corrected chi connectivity index (χ4v) is 1.94. The van der Waals surface area contributed by atoms with Crippen LogP contribution >= 0.6 is 11.6 Å². The van der Waals surface area contributed by atoms with Crippen molar-refractivity contribution < 1.29 is 19.1 Å². The van der Waals surface area contributed by atoms with E-state index in [0.29, 0.717) is 5.02 Å². The average molecular weight is 327 g/mol. The van der Waals surface area contributed by atoms with Crippen LogP contribution in [0.25, 0.3) is 0 Å². The van der Waals surface area contributed by atoms with Gasteiger partial charge in [0.2, 0.25) is 11.8 Å². The maximum atomic E-state index is 11.9. The van der Waals surface area contributed by atoms with Crippen molar-refractivity contribution in [2.45, 2.75) is 25.8 Å². The van der Waals surface area contributed by atoms with Crippen molar-refractivity contribution in [3.05, 3.63) is 34.9 Å². The van der Waals surface area contributed by atoms with Gasteiger partial charge in [-0.1, -0.05) is 23.7 Å². The molecule has 0 saturated heterocycles. The lowest BCUT2D eigenvalue weighted by atomic mass is 10.0. The molecule has 1 aromatic rings. The second kappa shape index (κ2) is 9.04. The van der Waals surface area contributed by atoms with Gasteiger partial charge in [0.1, 0.15) is 0 Å². The molecule has 0 aromatic heterocycles. The van der Waals surface area contributed by atoms with Crippen molar-refractivity contribution in [3.63, 3.8) is 0 Å². The molecule has 1 unspecified atom stereocenters. The Morgan fingerprint density at radius 2 is 1.86 bits per heavy atom. The van der Waals surface area contributed by atoms with Crippen molar-refractivity contribution in [1.82, 2.24) is 10.6 Å². The molecule has 0 saturated carbocycles. The second-order valence-electron chi connectivity index (χ2n) is 4.68. The number of hydrogen-bond donors (Lipinski definition) is 2. The highest BCUT2D eigenvalue weighted by Crippen LogP contribution is 2.20. The van der Waals surface area contributed by atoms with Crippen molar-refractivity contribution in [1.29, 1.82) is 0 Å². The van der Waals surface area contributed by atoms with Crippen LogP contribution in [-0.4, -0.2) is 31.4 Å². The molecule has 1 rings (SSSR count). The number of nitrogens with one attached hydrogen (secondary N) is 2. The van der Waals surface area contributed by atoms with Crippen LogP contribution in [0.5, 0.6) is 0 Å². The van der Waals surface area contributed by atoms with E-state index in [2.05, 4.69) is 15.4 Å².